The molecule has 0 fully saturated rings. The van der Waals surface area contributed by atoms with Gasteiger partial charge >= 0.3 is 0 Å². The van der Waals surface area contributed by atoms with Crippen molar-refractivity contribution in [1.29, 1.82) is 0 Å². The predicted octanol–water partition coefficient (Wildman–Crippen LogP) is 14.7. The summed E-state index contributed by atoms with van der Waals surface area (Å²) >= 11 is 0. The van der Waals surface area contributed by atoms with Crippen LogP contribution in [0.25, 0.3) is 76.9 Å². The van der Waals surface area contributed by atoms with Gasteiger partial charge < -0.3 is 13.7 Å². The highest BCUT2D eigenvalue weighted by Crippen LogP contribution is 2.50. The predicted molar refractivity (Wildman–Crippen MR) is 223 cm³/mol. The van der Waals surface area contributed by atoms with Crippen molar-refractivity contribution in [2.45, 2.75) is 26.2 Å². The average molecular weight is 684 g/mol. The van der Waals surface area contributed by atoms with Crippen molar-refractivity contribution >= 4 is 71.7 Å². The van der Waals surface area contributed by atoms with Gasteiger partial charge in [-0.15, -0.1) is 0 Å². The normalized spacial score (nSPS) is 12.1. The van der Waals surface area contributed by atoms with Crippen LogP contribution in [0.1, 0.15) is 26.3 Å². The monoisotopic (exact) mass is 683 g/mol. The third kappa shape index (κ3) is 5.11. The fourth-order valence-electron chi connectivity index (χ4n) is 7.98. The second kappa shape index (κ2) is 12.0. The van der Waals surface area contributed by atoms with Gasteiger partial charge in [0.05, 0.1) is 11.4 Å². The van der Waals surface area contributed by atoms with E-state index in [1.165, 1.54) is 10.9 Å². The van der Waals surface area contributed by atoms with Gasteiger partial charge in [0.1, 0.15) is 22.3 Å². The van der Waals surface area contributed by atoms with Crippen LogP contribution in [0.5, 0.6) is 0 Å². The molecule has 8 aromatic carbocycles. The summed E-state index contributed by atoms with van der Waals surface area (Å²) in [6.07, 6.45) is 0. The summed E-state index contributed by atoms with van der Waals surface area (Å²) in [5, 5.41) is 6.75. The second-order valence-electron chi connectivity index (χ2n) is 14.9. The quantitative estimate of drug-likeness (QED) is 0.181. The molecule has 0 bridgehead atoms. The van der Waals surface area contributed by atoms with Crippen molar-refractivity contribution in [1.82, 2.24) is 0 Å². The molecule has 2 aromatic heterocycles. The lowest BCUT2D eigenvalue weighted by atomic mass is 9.84. The summed E-state index contributed by atoms with van der Waals surface area (Å²) in [6, 6.07) is 60.6. The highest BCUT2D eigenvalue weighted by Gasteiger charge is 2.26. The fraction of sp³-hybridized carbons (Fsp3) is 0.0800. The minimum Gasteiger partial charge on any atom is -0.456 e. The molecule has 0 radical (unpaired) electrons. The Kier molecular flexibility index (Phi) is 7.06. The lowest BCUT2D eigenvalue weighted by molar-refractivity contribution is 0.590. The summed E-state index contributed by atoms with van der Waals surface area (Å²) in [4.78, 5) is 2.42. The Labute approximate surface area is 308 Å². The maximum Gasteiger partial charge on any atom is 0.143 e. The van der Waals surface area contributed by atoms with Crippen molar-refractivity contribution in [3.05, 3.63) is 175 Å². The van der Waals surface area contributed by atoms with Crippen LogP contribution in [0.4, 0.5) is 17.1 Å². The molecule has 53 heavy (non-hydrogen) atoms. The Morgan fingerprint density at radius 1 is 0.434 bits per heavy atom. The summed E-state index contributed by atoms with van der Waals surface area (Å²) in [5.74, 6) is 0. The lowest BCUT2D eigenvalue weighted by Crippen LogP contribution is -2.15. The van der Waals surface area contributed by atoms with E-state index in [2.05, 4.69) is 177 Å². The standard InChI is InChI=1S/C50H37NO2/c1-50(2,3)34-25-29-43(42(30-34)32-14-5-4-6-15-32)51(35-26-27-39-37-18-9-11-22-45(37)52-47(39)31-35)44-28-24-33-16-7-8-17-36(33)48(44)41-21-13-20-40-38-19-10-12-23-46(38)53-49(40)41/h4-31H,1-3H3. The van der Waals surface area contributed by atoms with Crippen LogP contribution in [0.15, 0.2) is 179 Å². The number of anilines is 3. The minimum absolute atomic E-state index is 0.0366. The first-order valence-corrected chi connectivity index (χ1v) is 18.3. The summed E-state index contributed by atoms with van der Waals surface area (Å²) in [7, 11) is 0. The van der Waals surface area contributed by atoms with Crippen molar-refractivity contribution in [2.75, 3.05) is 4.90 Å². The number of para-hydroxylation sites is 3. The molecular weight excluding hydrogens is 647 g/mol. The van der Waals surface area contributed by atoms with E-state index in [4.69, 9.17) is 8.83 Å². The summed E-state index contributed by atoms with van der Waals surface area (Å²) in [6.45, 7) is 6.83. The van der Waals surface area contributed by atoms with Crippen molar-refractivity contribution < 1.29 is 8.83 Å². The van der Waals surface area contributed by atoms with Crippen molar-refractivity contribution in [3.63, 3.8) is 0 Å². The number of hydrogen-bond donors (Lipinski definition) is 0. The molecule has 0 aliphatic rings. The smallest absolute Gasteiger partial charge is 0.143 e. The Morgan fingerprint density at radius 3 is 1.87 bits per heavy atom. The van der Waals surface area contributed by atoms with Crippen LogP contribution in [0.2, 0.25) is 0 Å². The first-order chi connectivity index (χ1) is 25.9. The Balaban J connectivity index is 1.33. The Morgan fingerprint density at radius 2 is 1.08 bits per heavy atom. The molecule has 2 heterocycles. The van der Waals surface area contributed by atoms with Gasteiger partial charge in [-0.05, 0) is 69.8 Å². The number of furan rings is 2. The highest BCUT2D eigenvalue weighted by atomic mass is 16.3. The summed E-state index contributed by atoms with van der Waals surface area (Å²) < 4.78 is 13.3. The maximum absolute atomic E-state index is 6.74. The molecular formula is C50H37NO2. The highest BCUT2D eigenvalue weighted by molar-refractivity contribution is 6.16. The van der Waals surface area contributed by atoms with E-state index in [0.29, 0.717) is 0 Å². The molecule has 0 amide bonds. The molecule has 0 atom stereocenters. The average Bonchev–Trinajstić information content (AvgIpc) is 3.76. The molecule has 0 aliphatic carbocycles. The maximum atomic E-state index is 6.74. The minimum atomic E-state index is -0.0366. The molecule has 0 spiro atoms. The molecule has 3 nitrogen and oxygen atoms in total. The van der Waals surface area contributed by atoms with E-state index in [1.54, 1.807) is 0 Å². The van der Waals surface area contributed by atoms with Crippen LogP contribution in [0.3, 0.4) is 0 Å². The van der Waals surface area contributed by atoms with Gasteiger partial charge in [0.15, 0.2) is 0 Å². The zero-order valence-electron chi connectivity index (χ0n) is 29.9. The second-order valence-corrected chi connectivity index (χ2v) is 14.9. The van der Waals surface area contributed by atoms with Crippen LogP contribution < -0.4 is 4.90 Å². The number of nitrogens with zero attached hydrogens (tertiary/aromatic N) is 1. The number of hydrogen-bond acceptors (Lipinski definition) is 3. The van der Waals surface area contributed by atoms with E-state index in [9.17, 15) is 0 Å². The van der Waals surface area contributed by atoms with Gasteiger partial charge in [-0.1, -0.05) is 142 Å². The molecule has 10 aromatic rings. The molecule has 10 rings (SSSR count). The van der Waals surface area contributed by atoms with Crippen LogP contribution in [-0.4, -0.2) is 0 Å². The topological polar surface area (TPSA) is 29.5 Å². The van der Waals surface area contributed by atoms with Gasteiger partial charge in [0.25, 0.3) is 0 Å². The zero-order valence-corrected chi connectivity index (χ0v) is 29.9. The number of rotatable bonds is 5. The third-order valence-corrected chi connectivity index (χ3v) is 10.6. The van der Waals surface area contributed by atoms with Gasteiger partial charge in [0.2, 0.25) is 0 Å². The zero-order chi connectivity index (χ0) is 35.7. The van der Waals surface area contributed by atoms with Crippen LogP contribution >= 0.6 is 0 Å². The molecule has 0 N–H and O–H groups in total. The van der Waals surface area contributed by atoms with Crippen molar-refractivity contribution in [2.24, 2.45) is 0 Å². The molecule has 0 saturated carbocycles. The summed E-state index contributed by atoms with van der Waals surface area (Å²) in [5.41, 5.74) is 12.3. The first kappa shape index (κ1) is 31.2. The van der Waals surface area contributed by atoms with Gasteiger partial charge in [-0.25, -0.2) is 0 Å². The number of fused-ring (bicyclic) bond motifs is 7. The largest absolute Gasteiger partial charge is 0.456 e. The van der Waals surface area contributed by atoms with E-state index in [1.807, 2.05) is 18.2 Å². The van der Waals surface area contributed by atoms with Crippen molar-refractivity contribution in [3.8, 4) is 22.3 Å². The van der Waals surface area contributed by atoms with E-state index >= 15 is 0 Å². The molecule has 0 aliphatic heterocycles. The van der Waals surface area contributed by atoms with Gasteiger partial charge in [-0.3, -0.25) is 0 Å². The Hall–Kier alpha value is -6.58. The molecule has 254 valence electrons. The SMILES string of the molecule is CC(C)(C)c1ccc(N(c2ccc3c(c2)oc2ccccc23)c2ccc3ccccc3c2-c2cccc3c2oc2ccccc23)c(-c2ccccc2)c1. The van der Waals surface area contributed by atoms with E-state index in [-0.39, 0.29) is 5.41 Å². The molecule has 0 unspecified atom stereocenters. The third-order valence-electron chi connectivity index (χ3n) is 10.6. The molecule has 3 heteroatoms. The van der Waals surface area contributed by atoms with Crippen LogP contribution in [0, 0.1) is 0 Å². The number of benzene rings is 8. The first-order valence-electron chi connectivity index (χ1n) is 18.3. The fourth-order valence-corrected chi connectivity index (χ4v) is 7.98. The molecule has 0 saturated heterocycles. The van der Waals surface area contributed by atoms with E-state index in [0.717, 1.165) is 88.6 Å². The Bertz CT molecular complexity index is 3000. The van der Waals surface area contributed by atoms with Gasteiger partial charge in [-0.2, -0.15) is 0 Å². The lowest BCUT2D eigenvalue weighted by Gasteiger charge is -2.32. The van der Waals surface area contributed by atoms with Gasteiger partial charge in [0, 0.05) is 50.0 Å². The van der Waals surface area contributed by atoms with E-state index < -0.39 is 0 Å². The van der Waals surface area contributed by atoms with Crippen LogP contribution in [-0.2, 0) is 5.41 Å².